The van der Waals surface area contributed by atoms with Crippen molar-refractivity contribution in [2.45, 2.75) is 12.8 Å². The van der Waals surface area contributed by atoms with Crippen molar-refractivity contribution >= 4 is 7.52 Å². The number of nitriles is 1. The zero-order chi connectivity index (χ0) is 7.61. The average molecular weight is 160 g/mol. The van der Waals surface area contributed by atoms with Gasteiger partial charge in [-0.25, -0.2) is 4.67 Å². The van der Waals surface area contributed by atoms with Gasteiger partial charge in [0.15, 0.2) is 5.81 Å². The van der Waals surface area contributed by atoms with E-state index in [0.717, 1.165) is 12.8 Å². The third-order valence-electron chi connectivity index (χ3n) is 1.60. The molecule has 0 aromatic carbocycles. The fourth-order valence-corrected chi connectivity index (χ4v) is 1.99. The van der Waals surface area contributed by atoms with E-state index in [1.807, 2.05) is 0 Å². The van der Waals surface area contributed by atoms with Crippen LogP contribution in [0.15, 0.2) is 0 Å². The van der Waals surface area contributed by atoms with Crippen molar-refractivity contribution in [1.29, 1.82) is 5.26 Å². The van der Waals surface area contributed by atoms with E-state index in [1.54, 1.807) is 0 Å². The molecule has 4 nitrogen and oxygen atoms in total. The molecule has 1 atom stereocenters. The predicted molar refractivity (Wildman–Crippen MR) is 36.2 cm³/mol. The number of hydrogen-bond donors (Lipinski definition) is 1. The Labute approximate surface area is 59.6 Å². The van der Waals surface area contributed by atoms with E-state index in [0.29, 0.717) is 13.1 Å². The molecule has 0 spiro atoms. The van der Waals surface area contributed by atoms with Crippen LogP contribution in [-0.2, 0) is 4.57 Å². The molecule has 0 aromatic heterocycles. The lowest BCUT2D eigenvalue weighted by atomic mass is 10.4. The molecule has 1 aliphatic heterocycles. The van der Waals surface area contributed by atoms with E-state index in [4.69, 9.17) is 10.2 Å². The average Bonchev–Trinajstić information content (AvgIpc) is 2.38. The van der Waals surface area contributed by atoms with Gasteiger partial charge in [0.25, 0.3) is 0 Å². The van der Waals surface area contributed by atoms with Crippen molar-refractivity contribution in [3.05, 3.63) is 0 Å². The maximum absolute atomic E-state index is 10.9. The summed E-state index contributed by atoms with van der Waals surface area (Å²) in [6.45, 7) is 1.17. The molecule has 0 saturated carbocycles. The summed E-state index contributed by atoms with van der Waals surface area (Å²) in [5, 5.41) is 8.25. The van der Waals surface area contributed by atoms with Crippen LogP contribution < -0.4 is 0 Å². The Morgan fingerprint density at radius 1 is 1.50 bits per heavy atom. The van der Waals surface area contributed by atoms with Gasteiger partial charge in [0, 0.05) is 13.1 Å². The van der Waals surface area contributed by atoms with Crippen molar-refractivity contribution in [2.24, 2.45) is 0 Å². The monoisotopic (exact) mass is 160 g/mol. The van der Waals surface area contributed by atoms with E-state index in [2.05, 4.69) is 0 Å². The molecule has 0 aromatic rings. The van der Waals surface area contributed by atoms with Crippen molar-refractivity contribution in [2.75, 3.05) is 13.1 Å². The highest BCUT2D eigenvalue weighted by atomic mass is 31.2. The maximum Gasteiger partial charge on any atom is 0.368 e. The minimum Gasteiger partial charge on any atom is -0.323 e. The van der Waals surface area contributed by atoms with Gasteiger partial charge in [0.2, 0.25) is 0 Å². The van der Waals surface area contributed by atoms with Gasteiger partial charge in [0.05, 0.1) is 0 Å². The summed E-state index contributed by atoms with van der Waals surface area (Å²) in [6.07, 6.45) is 1.85. The zero-order valence-electron chi connectivity index (χ0n) is 5.53. The molecule has 0 aliphatic carbocycles. The highest BCUT2D eigenvalue weighted by Crippen LogP contribution is 2.45. The lowest BCUT2D eigenvalue weighted by Crippen LogP contribution is -2.13. The third-order valence-corrected chi connectivity index (χ3v) is 3.02. The first-order chi connectivity index (χ1) is 4.67. The molecule has 1 fully saturated rings. The normalized spacial score (nSPS) is 25.6. The molecular formula is C5H9N2O2P. The van der Waals surface area contributed by atoms with Gasteiger partial charge >= 0.3 is 7.52 Å². The number of nitrogens with zero attached hydrogens (tertiary/aromatic N) is 2. The Balaban J connectivity index is 2.65. The van der Waals surface area contributed by atoms with Gasteiger partial charge in [-0.1, -0.05) is 0 Å². The molecule has 1 N–H and O–H groups in total. The third kappa shape index (κ3) is 1.38. The van der Waals surface area contributed by atoms with E-state index in [-0.39, 0.29) is 0 Å². The molecule has 1 rings (SSSR count). The molecular weight excluding hydrogens is 151 g/mol. The smallest absolute Gasteiger partial charge is 0.323 e. The second kappa shape index (κ2) is 2.71. The van der Waals surface area contributed by atoms with Crippen LogP contribution in [0.5, 0.6) is 0 Å². The summed E-state index contributed by atoms with van der Waals surface area (Å²) in [5.74, 6) is 1.42. The lowest BCUT2D eigenvalue weighted by molar-refractivity contribution is 0.397. The zero-order valence-corrected chi connectivity index (χ0v) is 6.42. The van der Waals surface area contributed by atoms with Gasteiger partial charge in [0.1, 0.15) is 0 Å². The Hall–Kier alpha value is -0.360. The molecule has 0 bridgehead atoms. The Bertz CT molecular complexity index is 204. The summed E-state index contributed by atoms with van der Waals surface area (Å²) < 4.78 is 12.3. The second-order valence-electron chi connectivity index (χ2n) is 2.30. The molecule has 1 saturated heterocycles. The Kier molecular flexibility index (Phi) is 2.10. The molecule has 1 unspecified atom stereocenters. The quantitative estimate of drug-likeness (QED) is 0.575. The summed E-state index contributed by atoms with van der Waals surface area (Å²) in [7, 11) is -3.58. The second-order valence-corrected chi connectivity index (χ2v) is 4.16. The van der Waals surface area contributed by atoms with Crippen LogP contribution in [0, 0.1) is 11.1 Å². The maximum atomic E-state index is 10.9. The van der Waals surface area contributed by atoms with Gasteiger partial charge in [-0.3, -0.25) is 4.57 Å². The van der Waals surface area contributed by atoms with Crippen molar-refractivity contribution in [1.82, 2.24) is 4.67 Å². The van der Waals surface area contributed by atoms with E-state index >= 15 is 0 Å². The Morgan fingerprint density at radius 3 is 2.40 bits per heavy atom. The van der Waals surface area contributed by atoms with Gasteiger partial charge in [-0.2, -0.15) is 5.26 Å². The van der Waals surface area contributed by atoms with Crippen molar-refractivity contribution in [3.8, 4) is 5.81 Å². The first-order valence-corrected chi connectivity index (χ1v) is 4.77. The first kappa shape index (κ1) is 7.74. The van der Waals surface area contributed by atoms with E-state index < -0.39 is 7.52 Å². The molecule has 56 valence electrons. The van der Waals surface area contributed by atoms with Crippen LogP contribution in [0.25, 0.3) is 0 Å². The van der Waals surface area contributed by atoms with Crippen LogP contribution in [0.3, 0.4) is 0 Å². The summed E-state index contributed by atoms with van der Waals surface area (Å²) in [4.78, 5) is 8.94. The standard InChI is InChI=1S/C5H9N2O2P/c6-5-10(8,9)7-3-1-2-4-7/h1-4H2,(H,8,9). The SMILES string of the molecule is N#CP(=O)(O)N1CCCC1. The molecule has 0 amide bonds. The fourth-order valence-electron chi connectivity index (χ4n) is 1.03. The molecule has 1 aliphatic rings. The minimum atomic E-state index is -3.58. The van der Waals surface area contributed by atoms with Crippen molar-refractivity contribution < 1.29 is 9.46 Å². The summed E-state index contributed by atoms with van der Waals surface area (Å²) in [6, 6.07) is 0. The van der Waals surface area contributed by atoms with Crippen molar-refractivity contribution in [3.63, 3.8) is 0 Å². The number of rotatable bonds is 1. The Morgan fingerprint density at radius 2 is 2.00 bits per heavy atom. The fraction of sp³-hybridized carbons (Fsp3) is 0.800. The molecule has 1 heterocycles. The topological polar surface area (TPSA) is 64.3 Å². The largest absolute Gasteiger partial charge is 0.368 e. The molecule has 0 radical (unpaired) electrons. The van der Waals surface area contributed by atoms with E-state index in [9.17, 15) is 4.57 Å². The first-order valence-electron chi connectivity index (χ1n) is 3.16. The summed E-state index contributed by atoms with van der Waals surface area (Å²) >= 11 is 0. The summed E-state index contributed by atoms with van der Waals surface area (Å²) in [5.41, 5.74) is 0. The van der Waals surface area contributed by atoms with E-state index in [1.165, 1.54) is 10.5 Å². The lowest BCUT2D eigenvalue weighted by Gasteiger charge is -2.14. The molecule has 5 heteroatoms. The van der Waals surface area contributed by atoms with Crippen LogP contribution in [0.1, 0.15) is 12.8 Å². The van der Waals surface area contributed by atoms with Gasteiger partial charge in [-0.05, 0) is 12.8 Å². The van der Waals surface area contributed by atoms with Crippen LogP contribution in [0.2, 0.25) is 0 Å². The van der Waals surface area contributed by atoms with Gasteiger partial charge < -0.3 is 4.89 Å². The van der Waals surface area contributed by atoms with Gasteiger partial charge in [-0.15, -0.1) is 0 Å². The van der Waals surface area contributed by atoms with Crippen LogP contribution in [-0.4, -0.2) is 22.7 Å². The molecule has 10 heavy (non-hydrogen) atoms. The number of hydrogen-bond acceptors (Lipinski definition) is 2. The van der Waals surface area contributed by atoms with Crippen LogP contribution in [0.4, 0.5) is 0 Å². The van der Waals surface area contributed by atoms with Crippen LogP contribution >= 0.6 is 7.52 Å². The minimum absolute atomic E-state index is 0.585. The highest BCUT2D eigenvalue weighted by Gasteiger charge is 2.29. The predicted octanol–water partition coefficient (Wildman–Crippen LogP) is 0.749. The highest BCUT2D eigenvalue weighted by molar-refractivity contribution is 7.60.